The van der Waals surface area contributed by atoms with Gasteiger partial charge in [-0.2, -0.15) is 5.10 Å². The molecule has 1 aromatic heterocycles. The molecule has 1 N–H and O–H groups in total. The molecule has 2 aromatic rings. The van der Waals surface area contributed by atoms with Crippen molar-refractivity contribution in [3.8, 4) is 5.69 Å². The highest BCUT2D eigenvalue weighted by molar-refractivity contribution is 5.78. The molecular formula is C18H23N3O. The van der Waals surface area contributed by atoms with Crippen LogP contribution in [0.4, 0.5) is 0 Å². The summed E-state index contributed by atoms with van der Waals surface area (Å²) < 4.78 is 1.81. The third-order valence-electron chi connectivity index (χ3n) is 4.38. The largest absolute Gasteiger partial charge is 0.356 e. The van der Waals surface area contributed by atoms with E-state index in [9.17, 15) is 4.79 Å². The molecule has 4 nitrogen and oxygen atoms in total. The second kappa shape index (κ2) is 7.25. The monoisotopic (exact) mass is 297 g/mol. The summed E-state index contributed by atoms with van der Waals surface area (Å²) in [6.07, 6.45) is 10.6. The summed E-state index contributed by atoms with van der Waals surface area (Å²) in [5, 5.41) is 7.28. The van der Waals surface area contributed by atoms with Gasteiger partial charge in [-0.25, -0.2) is 4.68 Å². The molecule has 3 rings (SSSR count). The van der Waals surface area contributed by atoms with Crippen LogP contribution < -0.4 is 5.32 Å². The summed E-state index contributed by atoms with van der Waals surface area (Å²) in [5.74, 6) is 0.803. The normalized spacial score (nSPS) is 15.6. The first-order valence-electron chi connectivity index (χ1n) is 8.17. The number of hydrogen-bond donors (Lipinski definition) is 1. The Bertz CT molecular complexity index is 583. The molecule has 1 heterocycles. The quantitative estimate of drug-likeness (QED) is 0.921. The maximum atomic E-state index is 12.0. The molecule has 0 atom stereocenters. The molecule has 1 amide bonds. The molecule has 1 aliphatic rings. The molecular weight excluding hydrogens is 274 g/mol. The van der Waals surface area contributed by atoms with Crippen LogP contribution in [0, 0.1) is 5.92 Å². The molecule has 0 radical (unpaired) electrons. The molecule has 0 unspecified atom stereocenters. The van der Waals surface area contributed by atoms with Gasteiger partial charge in [0.25, 0.3) is 0 Å². The molecule has 22 heavy (non-hydrogen) atoms. The van der Waals surface area contributed by atoms with E-state index in [1.54, 1.807) is 6.20 Å². The van der Waals surface area contributed by atoms with Crippen LogP contribution in [0.25, 0.3) is 5.69 Å². The molecule has 116 valence electrons. The fourth-order valence-corrected chi connectivity index (χ4v) is 3.09. The lowest BCUT2D eigenvalue weighted by molar-refractivity contribution is -0.120. The highest BCUT2D eigenvalue weighted by atomic mass is 16.1. The SMILES string of the molecule is O=C(Cc1ccc(-n2cccn2)cc1)NCC1CCCCC1. The molecule has 0 bridgehead atoms. The Kier molecular flexibility index (Phi) is 4.88. The van der Waals surface area contributed by atoms with Gasteiger partial charge in [-0.15, -0.1) is 0 Å². The standard InChI is InChI=1S/C18H23N3O/c22-18(19-14-16-5-2-1-3-6-16)13-15-7-9-17(10-8-15)21-12-4-11-20-21/h4,7-12,16H,1-3,5-6,13-14H2,(H,19,22). The highest BCUT2D eigenvalue weighted by Gasteiger charge is 2.14. The number of carbonyl (C=O) groups excluding carboxylic acids is 1. The van der Waals surface area contributed by atoms with Gasteiger partial charge in [0, 0.05) is 18.9 Å². The molecule has 1 aromatic carbocycles. The fourth-order valence-electron chi connectivity index (χ4n) is 3.09. The van der Waals surface area contributed by atoms with Crippen molar-refractivity contribution < 1.29 is 4.79 Å². The summed E-state index contributed by atoms with van der Waals surface area (Å²) in [4.78, 5) is 12.0. The third kappa shape index (κ3) is 3.97. The van der Waals surface area contributed by atoms with E-state index in [0.717, 1.165) is 17.8 Å². The van der Waals surface area contributed by atoms with Crippen LogP contribution in [0.3, 0.4) is 0 Å². The lowest BCUT2D eigenvalue weighted by Crippen LogP contribution is -2.31. The molecule has 1 aliphatic carbocycles. The molecule has 0 aliphatic heterocycles. The van der Waals surface area contributed by atoms with Gasteiger partial charge in [0.1, 0.15) is 0 Å². The van der Waals surface area contributed by atoms with Gasteiger partial charge in [0.2, 0.25) is 5.91 Å². The van der Waals surface area contributed by atoms with Crippen molar-refractivity contribution in [2.75, 3.05) is 6.54 Å². The first kappa shape index (κ1) is 14.8. The molecule has 0 spiro atoms. The van der Waals surface area contributed by atoms with E-state index < -0.39 is 0 Å². The average molecular weight is 297 g/mol. The smallest absolute Gasteiger partial charge is 0.224 e. The number of benzene rings is 1. The number of hydrogen-bond acceptors (Lipinski definition) is 2. The highest BCUT2D eigenvalue weighted by Crippen LogP contribution is 2.22. The second-order valence-corrected chi connectivity index (χ2v) is 6.10. The van der Waals surface area contributed by atoms with E-state index in [2.05, 4.69) is 10.4 Å². The zero-order valence-corrected chi connectivity index (χ0v) is 12.9. The zero-order chi connectivity index (χ0) is 15.2. The van der Waals surface area contributed by atoms with Crippen LogP contribution >= 0.6 is 0 Å². The number of nitrogens with zero attached hydrogens (tertiary/aromatic N) is 2. The van der Waals surface area contributed by atoms with E-state index in [0.29, 0.717) is 12.3 Å². The van der Waals surface area contributed by atoms with Crippen LogP contribution in [-0.2, 0) is 11.2 Å². The Hall–Kier alpha value is -2.10. The predicted octanol–water partition coefficient (Wildman–Crippen LogP) is 3.11. The van der Waals surface area contributed by atoms with E-state index in [-0.39, 0.29) is 5.91 Å². The van der Waals surface area contributed by atoms with Gasteiger partial charge in [0.05, 0.1) is 12.1 Å². The maximum Gasteiger partial charge on any atom is 0.224 e. The summed E-state index contributed by atoms with van der Waals surface area (Å²) in [6, 6.07) is 9.88. The van der Waals surface area contributed by atoms with E-state index in [4.69, 9.17) is 0 Å². The van der Waals surface area contributed by atoms with E-state index in [1.165, 1.54) is 32.1 Å². The van der Waals surface area contributed by atoms with Gasteiger partial charge >= 0.3 is 0 Å². The van der Waals surface area contributed by atoms with Crippen LogP contribution in [0.2, 0.25) is 0 Å². The van der Waals surface area contributed by atoms with Crippen LogP contribution in [0.15, 0.2) is 42.7 Å². The minimum Gasteiger partial charge on any atom is -0.356 e. The van der Waals surface area contributed by atoms with Gasteiger partial charge in [-0.3, -0.25) is 4.79 Å². The molecule has 1 saturated carbocycles. The van der Waals surface area contributed by atoms with Gasteiger partial charge in [0.15, 0.2) is 0 Å². The van der Waals surface area contributed by atoms with E-state index in [1.807, 2.05) is 41.2 Å². The Morgan fingerprint density at radius 1 is 1.18 bits per heavy atom. The van der Waals surface area contributed by atoms with Crippen molar-refractivity contribution in [1.29, 1.82) is 0 Å². The second-order valence-electron chi connectivity index (χ2n) is 6.10. The lowest BCUT2D eigenvalue weighted by Gasteiger charge is -2.21. The van der Waals surface area contributed by atoms with Crippen molar-refractivity contribution >= 4 is 5.91 Å². The van der Waals surface area contributed by atoms with Crippen molar-refractivity contribution in [2.24, 2.45) is 5.92 Å². The first-order chi connectivity index (χ1) is 10.8. The maximum absolute atomic E-state index is 12.0. The Morgan fingerprint density at radius 3 is 2.64 bits per heavy atom. The van der Waals surface area contributed by atoms with Gasteiger partial charge < -0.3 is 5.32 Å². The minimum atomic E-state index is 0.123. The lowest BCUT2D eigenvalue weighted by atomic mass is 9.89. The molecule has 1 fully saturated rings. The van der Waals surface area contributed by atoms with Crippen LogP contribution in [0.1, 0.15) is 37.7 Å². The third-order valence-corrected chi connectivity index (χ3v) is 4.38. The van der Waals surface area contributed by atoms with Crippen LogP contribution in [-0.4, -0.2) is 22.2 Å². The van der Waals surface area contributed by atoms with Crippen LogP contribution in [0.5, 0.6) is 0 Å². The summed E-state index contributed by atoms with van der Waals surface area (Å²) >= 11 is 0. The molecule has 4 heteroatoms. The predicted molar refractivity (Wildman–Crippen MR) is 86.9 cm³/mol. The zero-order valence-electron chi connectivity index (χ0n) is 12.9. The summed E-state index contributed by atoms with van der Waals surface area (Å²) in [5.41, 5.74) is 2.05. The number of rotatable bonds is 5. The Labute approximate surface area is 131 Å². The number of amides is 1. The number of carbonyl (C=O) groups is 1. The molecule has 0 saturated heterocycles. The van der Waals surface area contributed by atoms with Crippen molar-refractivity contribution in [3.63, 3.8) is 0 Å². The number of aromatic nitrogens is 2. The van der Waals surface area contributed by atoms with Crippen molar-refractivity contribution in [3.05, 3.63) is 48.3 Å². The van der Waals surface area contributed by atoms with Gasteiger partial charge in [-0.1, -0.05) is 31.4 Å². The van der Waals surface area contributed by atoms with Crippen molar-refractivity contribution in [2.45, 2.75) is 38.5 Å². The summed E-state index contributed by atoms with van der Waals surface area (Å²) in [7, 11) is 0. The Balaban J connectivity index is 1.48. The van der Waals surface area contributed by atoms with Gasteiger partial charge in [-0.05, 0) is 42.5 Å². The topological polar surface area (TPSA) is 46.9 Å². The van der Waals surface area contributed by atoms with E-state index >= 15 is 0 Å². The Morgan fingerprint density at radius 2 is 1.95 bits per heavy atom. The summed E-state index contributed by atoms with van der Waals surface area (Å²) in [6.45, 7) is 0.838. The number of nitrogens with one attached hydrogen (secondary N) is 1. The minimum absolute atomic E-state index is 0.123. The average Bonchev–Trinajstić information content (AvgIpc) is 3.09. The fraction of sp³-hybridized carbons (Fsp3) is 0.444. The first-order valence-corrected chi connectivity index (χ1v) is 8.17. The van der Waals surface area contributed by atoms with Crippen molar-refractivity contribution in [1.82, 2.24) is 15.1 Å².